The molecule has 0 aliphatic rings. The first-order chi connectivity index (χ1) is 14.0. The first-order valence-corrected chi connectivity index (χ1v) is 11.3. The van der Waals surface area contributed by atoms with Gasteiger partial charge in [-0.2, -0.15) is 0 Å². The Morgan fingerprint density at radius 3 is 2.45 bits per heavy atom. The van der Waals surface area contributed by atoms with Gasteiger partial charge in [-0.25, -0.2) is 0 Å². The first kappa shape index (κ1) is 21.3. The summed E-state index contributed by atoms with van der Waals surface area (Å²) >= 11 is 0. The van der Waals surface area contributed by atoms with Crippen LogP contribution in [-0.4, -0.2) is 11.3 Å². The van der Waals surface area contributed by atoms with Crippen molar-refractivity contribution in [1.82, 2.24) is 0 Å². The van der Waals surface area contributed by atoms with Crippen LogP contribution in [0.5, 0.6) is 5.75 Å². The number of phenols is 1. The third-order valence-corrected chi connectivity index (χ3v) is 6.79. The van der Waals surface area contributed by atoms with E-state index in [1.807, 2.05) is 43.5 Å². The molecule has 3 rings (SSSR count). The Labute approximate surface area is 176 Å². The van der Waals surface area contributed by atoms with E-state index in [1.54, 1.807) is 0 Å². The van der Waals surface area contributed by atoms with E-state index in [2.05, 4.69) is 56.1 Å². The predicted molar refractivity (Wildman–Crippen MR) is 128 cm³/mol. The van der Waals surface area contributed by atoms with E-state index in [0.717, 1.165) is 35.2 Å². The van der Waals surface area contributed by atoms with Crippen molar-refractivity contribution >= 4 is 25.8 Å². The van der Waals surface area contributed by atoms with Crippen LogP contribution in [-0.2, 0) is 0 Å². The summed E-state index contributed by atoms with van der Waals surface area (Å²) in [6.45, 7) is 8.42. The zero-order valence-electron chi connectivity index (χ0n) is 17.7. The summed E-state index contributed by atoms with van der Waals surface area (Å²) in [5, 5.41) is 12.0. The molecule has 29 heavy (non-hydrogen) atoms. The van der Waals surface area contributed by atoms with Gasteiger partial charge in [-0.15, -0.1) is 0 Å². The maximum atomic E-state index is 10.7. The average molecular weight is 404 g/mol. The van der Waals surface area contributed by atoms with Gasteiger partial charge < -0.3 is 5.11 Å². The molecule has 1 N–H and O–H groups in total. The zero-order chi connectivity index (χ0) is 20.8. The van der Waals surface area contributed by atoms with Crippen LogP contribution in [0.4, 0.5) is 5.69 Å². The van der Waals surface area contributed by atoms with Crippen molar-refractivity contribution in [3.8, 4) is 5.75 Å². The minimum atomic E-state index is 0.310. The van der Waals surface area contributed by atoms with Gasteiger partial charge in [-0.3, -0.25) is 4.99 Å². The van der Waals surface area contributed by atoms with E-state index >= 15 is 0 Å². The third-order valence-electron chi connectivity index (χ3n) is 5.07. The van der Waals surface area contributed by atoms with Crippen LogP contribution in [0.3, 0.4) is 0 Å². The molecule has 0 aliphatic heterocycles. The highest BCUT2D eigenvalue weighted by Gasteiger charge is 2.18. The molecule has 150 valence electrons. The molecule has 3 heteroatoms. The van der Waals surface area contributed by atoms with Gasteiger partial charge in [0.2, 0.25) is 0 Å². The van der Waals surface area contributed by atoms with E-state index in [1.165, 1.54) is 16.4 Å². The highest BCUT2D eigenvalue weighted by Crippen LogP contribution is 2.43. The Morgan fingerprint density at radius 2 is 1.72 bits per heavy atom. The SMILES string of the molecule is CCCC(Pc1ccc(C)cc1C=Nc1ccccc1)c1cc(C)cc(C)c1O. The summed E-state index contributed by atoms with van der Waals surface area (Å²) < 4.78 is 0. The Morgan fingerprint density at radius 1 is 0.966 bits per heavy atom. The number of nitrogens with zero attached hydrogens (tertiary/aromatic N) is 1. The Bertz CT molecular complexity index is 995. The molecule has 0 saturated heterocycles. The van der Waals surface area contributed by atoms with Crippen molar-refractivity contribution in [3.63, 3.8) is 0 Å². The van der Waals surface area contributed by atoms with Crippen molar-refractivity contribution in [1.29, 1.82) is 0 Å². The highest BCUT2D eigenvalue weighted by molar-refractivity contribution is 7.47. The van der Waals surface area contributed by atoms with Gasteiger partial charge >= 0.3 is 0 Å². The number of aromatic hydroxyl groups is 1. The van der Waals surface area contributed by atoms with Gasteiger partial charge in [0, 0.05) is 23.0 Å². The molecular weight excluding hydrogens is 373 g/mol. The maximum absolute atomic E-state index is 10.7. The van der Waals surface area contributed by atoms with Crippen LogP contribution in [0.15, 0.2) is 65.7 Å². The molecule has 0 spiro atoms. The molecule has 0 radical (unpaired) electrons. The molecule has 0 aliphatic carbocycles. The van der Waals surface area contributed by atoms with Gasteiger partial charge in [0.1, 0.15) is 5.75 Å². The van der Waals surface area contributed by atoms with Crippen LogP contribution in [0.2, 0.25) is 0 Å². The number of hydrogen-bond acceptors (Lipinski definition) is 2. The fraction of sp³-hybridized carbons (Fsp3) is 0.269. The second-order valence-corrected chi connectivity index (χ2v) is 9.21. The van der Waals surface area contributed by atoms with Crippen LogP contribution in [0.25, 0.3) is 0 Å². The van der Waals surface area contributed by atoms with Crippen LogP contribution in [0, 0.1) is 20.8 Å². The summed E-state index contributed by atoms with van der Waals surface area (Å²) in [5.74, 6) is 0.452. The lowest BCUT2D eigenvalue weighted by molar-refractivity contribution is 0.461. The van der Waals surface area contributed by atoms with Crippen molar-refractivity contribution in [3.05, 3.63) is 88.5 Å². The van der Waals surface area contributed by atoms with Gasteiger partial charge in [0.05, 0.1) is 5.69 Å². The number of aliphatic imine (C=N–C) groups is 1. The van der Waals surface area contributed by atoms with Crippen molar-refractivity contribution in [2.45, 2.75) is 46.2 Å². The van der Waals surface area contributed by atoms with Gasteiger partial charge in [-0.05, 0) is 56.3 Å². The second kappa shape index (κ2) is 9.85. The lowest BCUT2D eigenvalue weighted by Crippen LogP contribution is -2.08. The largest absolute Gasteiger partial charge is 0.507 e. The summed E-state index contributed by atoms with van der Waals surface area (Å²) in [7, 11) is 0.580. The normalized spacial score (nSPS) is 12.8. The number of aryl methyl sites for hydroxylation is 3. The summed E-state index contributed by atoms with van der Waals surface area (Å²) in [6.07, 6.45) is 4.12. The smallest absolute Gasteiger partial charge is 0.122 e. The van der Waals surface area contributed by atoms with E-state index < -0.39 is 0 Å². The Balaban J connectivity index is 1.96. The lowest BCUT2D eigenvalue weighted by Gasteiger charge is -2.21. The zero-order valence-corrected chi connectivity index (χ0v) is 18.7. The average Bonchev–Trinajstić information content (AvgIpc) is 2.71. The topological polar surface area (TPSA) is 32.6 Å². The monoisotopic (exact) mass is 403 g/mol. The van der Waals surface area contributed by atoms with Gasteiger partial charge in [-0.1, -0.05) is 75.5 Å². The Kier molecular flexibility index (Phi) is 7.23. The molecule has 0 fully saturated rings. The lowest BCUT2D eigenvalue weighted by atomic mass is 10.0. The predicted octanol–water partition coefficient (Wildman–Crippen LogP) is 6.91. The van der Waals surface area contributed by atoms with E-state index in [9.17, 15) is 5.11 Å². The molecule has 0 saturated carbocycles. The van der Waals surface area contributed by atoms with Crippen LogP contribution < -0.4 is 5.30 Å². The van der Waals surface area contributed by atoms with Gasteiger partial charge in [0.25, 0.3) is 0 Å². The number of phenolic OH excluding ortho intramolecular Hbond substituents is 1. The molecule has 0 aromatic heterocycles. The standard InChI is InChI=1S/C26H30NOP/c1-5-9-25(23-16-19(3)14-20(4)26(23)28)29-24-13-12-18(2)15-21(24)17-27-22-10-7-6-8-11-22/h6-8,10-17,25,28-29H,5,9H2,1-4H3. The molecule has 3 aromatic rings. The molecule has 3 aromatic carbocycles. The fourth-order valence-corrected chi connectivity index (χ4v) is 5.29. The number of hydrogen-bond donors (Lipinski definition) is 1. The maximum Gasteiger partial charge on any atom is 0.122 e. The summed E-state index contributed by atoms with van der Waals surface area (Å²) in [6, 6.07) is 20.9. The molecular formula is C26H30NOP. The highest BCUT2D eigenvalue weighted by atomic mass is 31.1. The molecule has 2 unspecified atom stereocenters. The number of para-hydroxylation sites is 1. The van der Waals surface area contributed by atoms with Crippen LogP contribution in [0.1, 0.15) is 53.2 Å². The molecule has 0 heterocycles. The molecule has 2 atom stereocenters. The molecule has 0 bridgehead atoms. The molecule has 0 amide bonds. The van der Waals surface area contributed by atoms with Crippen molar-refractivity contribution in [2.75, 3.05) is 0 Å². The fourth-order valence-electron chi connectivity index (χ4n) is 3.62. The third kappa shape index (κ3) is 5.55. The summed E-state index contributed by atoms with van der Waals surface area (Å²) in [5.41, 5.74) is 6.91. The number of benzene rings is 3. The van der Waals surface area contributed by atoms with Crippen molar-refractivity contribution < 1.29 is 5.11 Å². The number of rotatable bonds is 7. The quantitative estimate of drug-likeness (QED) is 0.337. The Hall–Kier alpha value is -2.44. The first-order valence-electron chi connectivity index (χ1n) is 10.2. The summed E-state index contributed by atoms with van der Waals surface area (Å²) in [4.78, 5) is 4.68. The minimum absolute atomic E-state index is 0.310. The van der Waals surface area contributed by atoms with Crippen LogP contribution >= 0.6 is 8.58 Å². The second-order valence-electron chi connectivity index (χ2n) is 7.69. The molecule has 2 nitrogen and oxygen atoms in total. The van der Waals surface area contributed by atoms with Gasteiger partial charge in [0.15, 0.2) is 0 Å². The van der Waals surface area contributed by atoms with E-state index in [0.29, 0.717) is 20.0 Å². The van der Waals surface area contributed by atoms with E-state index in [4.69, 9.17) is 0 Å². The minimum Gasteiger partial charge on any atom is -0.507 e. The van der Waals surface area contributed by atoms with Crippen molar-refractivity contribution in [2.24, 2.45) is 4.99 Å². The van der Waals surface area contributed by atoms with E-state index in [-0.39, 0.29) is 0 Å².